The second kappa shape index (κ2) is 7.24. The van der Waals surface area contributed by atoms with Crippen molar-refractivity contribution in [2.45, 2.75) is 38.0 Å². The first-order valence-corrected chi connectivity index (χ1v) is 8.34. The standard InChI is InChI=1S/C16H26N4O2/c1-20-15(10-14(19-20)13-5-8-22-9-6-13)18-16(21)3-2-12-4-7-17-11-12/h10,12-13,17H,2-9,11H2,1H3,(H,18,21). The molecule has 2 saturated heterocycles. The molecule has 3 heterocycles. The first-order chi connectivity index (χ1) is 10.7. The number of aromatic nitrogens is 2. The number of amides is 1. The molecule has 22 heavy (non-hydrogen) atoms. The molecule has 0 radical (unpaired) electrons. The van der Waals surface area contributed by atoms with Gasteiger partial charge in [0.15, 0.2) is 0 Å². The van der Waals surface area contributed by atoms with Gasteiger partial charge in [-0.25, -0.2) is 0 Å². The van der Waals surface area contributed by atoms with Crippen molar-refractivity contribution < 1.29 is 9.53 Å². The fraction of sp³-hybridized carbons (Fsp3) is 0.750. The van der Waals surface area contributed by atoms with Crippen LogP contribution in [0.2, 0.25) is 0 Å². The van der Waals surface area contributed by atoms with Crippen molar-refractivity contribution in [2.75, 3.05) is 31.6 Å². The molecule has 1 amide bonds. The van der Waals surface area contributed by atoms with Gasteiger partial charge in [-0.2, -0.15) is 5.10 Å². The van der Waals surface area contributed by atoms with Crippen LogP contribution in [0.1, 0.15) is 43.7 Å². The average molecular weight is 306 g/mol. The highest BCUT2D eigenvalue weighted by Crippen LogP contribution is 2.27. The molecule has 1 aromatic rings. The lowest BCUT2D eigenvalue weighted by Gasteiger charge is -2.19. The van der Waals surface area contributed by atoms with E-state index in [0.29, 0.717) is 18.3 Å². The molecular formula is C16H26N4O2. The lowest BCUT2D eigenvalue weighted by molar-refractivity contribution is -0.116. The smallest absolute Gasteiger partial charge is 0.225 e. The van der Waals surface area contributed by atoms with E-state index in [0.717, 1.165) is 57.1 Å². The number of nitrogens with one attached hydrogen (secondary N) is 2. The zero-order chi connectivity index (χ0) is 15.4. The van der Waals surface area contributed by atoms with Crippen LogP contribution >= 0.6 is 0 Å². The number of aryl methyl sites for hydroxylation is 1. The first kappa shape index (κ1) is 15.5. The molecule has 1 aromatic heterocycles. The number of rotatable bonds is 5. The molecule has 6 nitrogen and oxygen atoms in total. The Kier molecular flexibility index (Phi) is 5.10. The molecule has 1 atom stereocenters. The number of ether oxygens (including phenoxy) is 1. The van der Waals surface area contributed by atoms with E-state index < -0.39 is 0 Å². The summed E-state index contributed by atoms with van der Waals surface area (Å²) in [7, 11) is 1.89. The number of hydrogen-bond acceptors (Lipinski definition) is 4. The second-order valence-electron chi connectivity index (χ2n) is 6.41. The maximum Gasteiger partial charge on any atom is 0.225 e. The maximum absolute atomic E-state index is 12.1. The summed E-state index contributed by atoms with van der Waals surface area (Å²) in [5, 5.41) is 10.9. The van der Waals surface area contributed by atoms with Crippen molar-refractivity contribution in [2.24, 2.45) is 13.0 Å². The minimum Gasteiger partial charge on any atom is -0.381 e. The molecule has 0 bridgehead atoms. The van der Waals surface area contributed by atoms with E-state index in [4.69, 9.17) is 4.74 Å². The van der Waals surface area contributed by atoms with E-state index in [-0.39, 0.29) is 5.91 Å². The Morgan fingerprint density at radius 3 is 3.00 bits per heavy atom. The van der Waals surface area contributed by atoms with E-state index in [2.05, 4.69) is 15.7 Å². The molecule has 0 aliphatic carbocycles. The number of carbonyl (C=O) groups is 1. The van der Waals surface area contributed by atoms with Gasteiger partial charge in [-0.15, -0.1) is 0 Å². The Labute approximate surface area is 131 Å². The Morgan fingerprint density at radius 2 is 2.27 bits per heavy atom. The zero-order valence-corrected chi connectivity index (χ0v) is 13.3. The summed E-state index contributed by atoms with van der Waals surface area (Å²) in [6, 6.07) is 2.02. The van der Waals surface area contributed by atoms with Crippen molar-refractivity contribution >= 4 is 11.7 Å². The average Bonchev–Trinajstić information content (AvgIpc) is 3.17. The number of hydrogen-bond donors (Lipinski definition) is 2. The normalized spacial score (nSPS) is 22.9. The van der Waals surface area contributed by atoms with Gasteiger partial charge in [-0.3, -0.25) is 9.48 Å². The lowest BCUT2D eigenvalue weighted by atomic mass is 9.97. The van der Waals surface area contributed by atoms with Crippen LogP contribution in [0.4, 0.5) is 5.82 Å². The van der Waals surface area contributed by atoms with Gasteiger partial charge in [0, 0.05) is 38.7 Å². The van der Waals surface area contributed by atoms with Crippen LogP contribution in [0.3, 0.4) is 0 Å². The van der Waals surface area contributed by atoms with E-state index in [1.165, 1.54) is 6.42 Å². The summed E-state index contributed by atoms with van der Waals surface area (Å²) in [5.74, 6) is 2.00. The Morgan fingerprint density at radius 1 is 1.45 bits per heavy atom. The summed E-state index contributed by atoms with van der Waals surface area (Å²) in [6.45, 7) is 3.74. The van der Waals surface area contributed by atoms with Crippen molar-refractivity contribution in [3.8, 4) is 0 Å². The molecule has 2 fully saturated rings. The van der Waals surface area contributed by atoms with E-state index in [9.17, 15) is 4.79 Å². The highest BCUT2D eigenvalue weighted by atomic mass is 16.5. The molecule has 0 saturated carbocycles. The Balaban J connectivity index is 1.52. The fourth-order valence-electron chi connectivity index (χ4n) is 3.30. The van der Waals surface area contributed by atoms with Crippen molar-refractivity contribution in [1.29, 1.82) is 0 Å². The third-order valence-electron chi connectivity index (χ3n) is 4.75. The Bertz CT molecular complexity index is 502. The molecule has 2 N–H and O–H groups in total. The van der Waals surface area contributed by atoms with Crippen LogP contribution < -0.4 is 10.6 Å². The summed E-state index contributed by atoms with van der Waals surface area (Å²) < 4.78 is 7.17. The zero-order valence-electron chi connectivity index (χ0n) is 13.3. The van der Waals surface area contributed by atoms with Crippen LogP contribution in [-0.4, -0.2) is 42.0 Å². The van der Waals surface area contributed by atoms with Gasteiger partial charge in [-0.1, -0.05) is 0 Å². The van der Waals surface area contributed by atoms with Crippen LogP contribution in [0.5, 0.6) is 0 Å². The van der Waals surface area contributed by atoms with E-state index in [1.807, 2.05) is 13.1 Å². The number of carbonyl (C=O) groups excluding carboxylic acids is 1. The van der Waals surface area contributed by atoms with Gasteiger partial charge >= 0.3 is 0 Å². The predicted molar refractivity (Wildman–Crippen MR) is 84.8 cm³/mol. The Hall–Kier alpha value is -1.40. The van der Waals surface area contributed by atoms with Gasteiger partial charge in [-0.05, 0) is 44.7 Å². The summed E-state index contributed by atoms with van der Waals surface area (Å²) in [5.41, 5.74) is 1.07. The minimum absolute atomic E-state index is 0.0911. The molecule has 1 unspecified atom stereocenters. The van der Waals surface area contributed by atoms with Crippen molar-refractivity contribution in [3.63, 3.8) is 0 Å². The fourth-order valence-corrected chi connectivity index (χ4v) is 3.30. The van der Waals surface area contributed by atoms with Crippen LogP contribution in [0, 0.1) is 5.92 Å². The topological polar surface area (TPSA) is 68.2 Å². The quantitative estimate of drug-likeness (QED) is 0.868. The SMILES string of the molecule is Cn1nc(C2CCOCC2)cc1NC(=O)CCC1CCNC1. The summed E-state index contributed by atoms with van der Waals surface area (Å²) >= 11 is 0. The highest BCUT2D eigenvalue weighted by molar-refractivity contribution is 5.89. The van der Waals surface area contributed by atoms with E-state index in [1.54, 1.807) is 4.68 Å². The maximum atomic E-state index is 12.1. The molecule has 2 aliphatic rings. The molecular weight excluding hydrogens is 280 g/mol. The van der Waals surface area contributed by atoms with Gasteiger partial charge in [0.05, 0.1) is 5.69 Å². The largest absolute Gasteiger partial charge is 0.381 e. The van der Waals surface area contributed by atoms with Crippen LogP contribution in [-0.2, 0) is 16.6 Å². The summed E-state index contributed by atoms with van der Waals surface area (Å²) in [4.78, 5) is 12.1. The molecule has 3 rings (SSSR count). The van der Waals surface area contributed by atoms with E-state index >= 15 is 0 Å². The monoisotopic (exact) mass is 306 g/mol. The van der Waals surface area contributed by atoms with Crippen molar-refractivity contribution in [3.05, 3.63) is 11.8 Å². The lowest BCUT2D eigenvalue weighted by Crippen LogP contribution is -2.16. The predicted octanol–water partition coefficient (Wildman–Crippen LogP) is 1.64. The third-order valence-corrected chi connectivity index (χ3v) is 4.75. The molecule has 2 aliphatic heterocycles. The van der Waals surface area contributed by atoms with Gasteiger partial charge < -0.3 is 15.4 Å². The third kappa shape index (κ3) is 3.87. The second-order valence-corrected chi connectivity index (χ2v) is 6.41. The van der Waals surface area contributed by atoms with Gasteiger partial charge in [0.25, 0.3) is 0 Å². The number of nitrogens with zero attached hydrogens (tertiary/aromatic N) is 2. The molecule has 122 valence electrons. The minimum atomic E-state index is 0.0911. The van der Waals surface area contributed by atoms with Gasteiger partial charge in [0.1, 0.15) is 5.82 Å². The van der Waals surface area contributed by atoms with Gasteiger partial charge in [0.2, 0.25) is 5.91 Å². The summed E-state index contributed by atoms with van der Waals surface area (Å²) in [6.07, 6.45) is 4.76. The van der Waals surface area contributed by atoms with Crippen LogP contribution in [0.25, 0.3) is 0 Å². The van der Waals surface area contributed by atoms with Crippen LogP contribution in [0.15, 0.2) is 6.07 Å². The van der Waals surface area contributed by atoms with Crippen molar-refractivity contribution in [1.82, 2.24) is 15.1 Å². The molecule has 6 heteroatoms. The first-order valence-electron chi connectivity index (χ1n) is 8.34. The molecule has 0 aromatic carbocycles. The highest BCUT2D eigenvalue weighted by Gasteiger charge is 2.21. The molecule has 0 spiro atoms. The number of anilines is 1.